The molecule has 4 rings (SSSR count). The summed E-state index contributed by atoms with van der Waals surface area (Å²) in [5.74, 6) is 2.09. The highest BCUT2D eigenvalue weighted by atomic mass is 79.9. The normalized spacial score (nSPS) is 11.4. The van der Waals surface area contributed by atoms with Crippen molar-refractivity contribution in [1.82, 2.24) is 14.5 Å². The molecule has 6 nitrogen and oxygen atoms in total. The van der Waals surface area contributed by atoms with Crippen LogP contribution in [-0.4, -0.2) is 19.6 Å². The number of aromatic nitrogens is 3. The van der Waals surface area contributed by atoms with Gasteiger partial charge in [0, 0.05) is 29.5 Å². The molecule has 0 aliphatic carbocycles. The number of nitrogens with zero attached hydrogens (tertiary/aromatic N) is 3. The summed E-state index contributed by atoms with van der Waals surface area (Å²) in [7, 11) is 0. The lowest BCUT2D eigenvalue weighted by Crippen LogP contribution is -2.03. The van der Waals surface area contributed by atoms with Crippen LogP contribution in [0.2, 0.25) is 0 Å². The number of rotatable bonds is 11. The zero-order valence-corrected chi connectivity index (χ0v) is 20.7. The Balaban J connectivity index is 1.24. The van der Waals surface area contributed by atoms with Gasteiger partial charge >= 0.3 is 0 Å². The zero-order chi connectivity index (χ0) is 23.8. The number of imidazole rings is 1. The Morgan fingerprint density at radius 1 is 1.12 bits per heavy atom. The molecule has 0 spiro atoms. The fraction of sp³-hybridized carbons (Fsp3) is 0.259. The number of hydrogen-bond acceptors (Lipinski definition) is 5. The molecule has 0 bridgehead atoms. The minimum atomic E-state index is -0.0219. The number of halogens is 1. The van der Waals surface area contributed by atoms with Crippen LogP contribution in [-0.2, 0) is 26.2 Å². The van der Waals surface area contributed by atoms with E-state index in [4.69, 9.17) is 9.15 Å². The van der Waals surface area contributed by atoms with E-state index in [1.165, 1.54) is 11.1 Å². The van der Waals surface area contributed by atoms with E-state index in [1.54, 1.807) is 12.5 Å². The van der Waals surface area contributed by atoms with E-state index < -0.39 is 0 Å². The predicted molar refractivity (Wildman–Crippen MR) is 136 cm³/mol. The molecule has 4 aromatic rings. The van der Waals surface area contributed by atoms with Gasteiger partial charge in [0.1, 0.15) is 36.7 Å². The van der Waals surface area contributed by atoms with Gasteiger partial charge in [-0.1, -0.05) is 34.1 Å². The van der Waals surface area contributed by atoms with Gasteiger partial charge in [-0.3, -0.25) is 0 Å². The van der Waals surface area contributed by atoms with Crippen molar-refractivity contribution in [3.8, 4) is 5.75 Å². The molecule has 2 heterocycles. The summed E-state index contributed by atoms with van der Waals surface area (Å²) in [5, 5.41) is 9.29. The second-order valence-electron chi connectivity index (χ2n) is 8.09. The Morgan fingerprint density at radius 3 is 2.76 bits per heavy atom. The molecule has 176 valence electrons. The zero-order valence-electron chi connectivity index (χ0n) is 19.2. The summed E-state index contributed by atoms with van der Waals surface area (Å²) >= 11 is 3.44. The van der Waals surface area contributed by atoms with Crippen molar-refractivity contribution < 1.29 is 14.3 Å². The molecule has 2 aromatic heterocycles. The fourth-order valence-electron chi connectivity index (χ4n) is 3.70. The molecule has 0 radical (unpaired) electrons. The first-order valence-electron chi connectivity index (χ1n) is 11.3. The first-order valence-corrected chi connectivity index (χ1v) is 12.1. The summed E-state index contributed by atoms with van der Waals surface area (Å²) in [6.45, 7) is 3.32. The van der Waals surface area contributed by atoms with Gasteiger partial charge in [-0.2, -0.15) is 0 Å². The number of benzene rings is 2. The quantitative estimate of drug-likeness (QED) is 0.237. The second kappa shape index (κ2) is 11.8. The average Bonchev–Trinajstić information content (AvgIpc) is 3.50. The Kier molecular flexibility index (Phi) is 8.33. The van der Waals surface area contributed by atoms with Crippen LogP contribution >= 0.6 is 15.9 Å². The smallest absolute Gasteiger partial charge is 0.218 e. The van der Waals surface area contributed by atoms with Crippen LogP contribution in [0, 0.1) is 6.92 Å². The third kappa shape index (κ3) is 6.68. The third-order valence-corrected chi connectivity index (χ3v) is 6.13. The third-order valence-electron chi connectivity index (χ3n) is 5.60. The van der Waals surface area contributed by atoms with E-state index >= 15 is 0 Å². The van der Waals surface area contributed by atoms with Crippen molar-refractivity contribution in [1.29, 1.82) is 0 Å². The van der Waals surface area contributed by atoms with Crippen molar-refractivity contribution in [3.05, 3.63) is 99.7 Å². The molecule has 0 amide bonds. The average molecular weight is 522 g/mol. The van der Waals surface area contributed by atoms with E-state index in [1.807, 2.05) is 53.2 Å². The second-order valence-corrected chi connectivity index (χ2v) is 9.01. The molecule has 0 unspecified atom stereocenters. The highest BCUT2D eigenvalue weighted by Crippen LogP contribution is 2.21. The Labute approximate surface area is 208 Å². The number of aliphatic hydroxyl groups is 1. The van der Waals surface area contributed by atoms with E-state index in [-0.39, 0.29) is 6.61 Å². The SMILES string of the molecule is Cc1cc(OCc2coc(/C=C/c3ccc(Br)cc3)n2)ccc1CCCCn1ccnc1CO. The number of hydrogen-bond donors (Lipinski definition) is 1. The van der Waals surface area contributed by atoms with Crippen LogP contribution in [0.15, 0.2) is 70.0 Å². The van der Waals surface area contributed by atoms with Crippen LogP contribution in [0.3, 0.4) is 0 Å². The van der Waals surface area contributed by atoms with Gasteiger partial charge in [0.05, 0.1) is 0 Å². The topological polar surface area (TPSA) is 73.3 Å². The van der Waals surface area contributed by atoms with E-state index in [0.29, 0.717) is 12.5 Å². The number of aryl methyl sites for hydroxylation is 3. The van der Waals surface area contributed by atoms with E-state index in [2.05, 4.69) is 45.0 Å². The van der Waals surface area contributed by atoms with Crippen molar-refractivity contribution in [3.63, 3.8) is 0 Å². The fourth-order valence-corrected chi connectivity index (χ4v) is 3.96. The largest absolute Gasteiger partial charge is 0.487 e. The summed E-state index contributed by atoms with van der Waals surface area (Å²) in [4.78, 5) is 8.62. The number of oxazole rings is 1. The maximum atomic E-state index is 9.29. The van der Waals surface area contributed by atoms with Crippen LogP contribution in [0.5, 0.6) is 5.75 Å². The lowest BCUT2D eigenvalue weighted by molar-refractivity contribution is 0.264. The Bertz CT molecular complexity index is 1230. The van der Waals surface area contributed by atoms with Gasteiger partial charge in [0.2, 0.25) is 5.89 Å². The molecule has 0 saturated heterocycles. The van der Waals surface area contributed by atoms with Crippen molar-refractivity contribution >= 4 is 28.1 Å². The standard InChI is InChI=1S/C27H28BrN3O3/c1-20-16-25(11-8-22(20)4-2-3-14-31-15-13-29-26(31)17-32)33-18-24-19-34-27(30-24)12-7-21-5-9-23(28)10-6-21/h5-13,15-16,19,32H,2-4,14,17-18H2,1H3/b12-7+. The maximum Gasteiger partial charge on any atom is 0.218 e. The summed E-state index contributed by atoms with van der Waals surface area (Å²) < 4.78 is 14.5. The molecular formula is C27H28BrN3O3. The van der Waals surface area contributed by atoms with Crippen molar-refractivity contribution in [2.45, 2.75) is 45.9 Å². The molecule has 0 aliphatic heterocycles. The van der Waals surface area contributed by atoms with Crippen molar-refractivity contribution in [2.24, 2.45) is 0 Å². The Hall–Kier alpha value is -3.16. The molecule has 0 fully saturated rings. The van der Waals surface area contributed by atoms with Crippen LogP contribution in [0.4, 0.5) is 0 Å². The molecule has 2 aromatic carbocycles. The molecule has 1 N–H and O–H groups in total. The highest BCUT2D eigenvalue weighted by molar-refractivity contribution is 9.10. The van der Waals surface area contributed by atoms with Gasteiger partial charge < -0.3 is 18.8 Å². The minimum absolute atomic E-state index is 0.0219. The highest BCUT2D eigenvalue weighted by Gasteiger charge is 2.06. The minimum Gasteiger partial charge on any atom is -0.487 e. The molecule has 0 saturated carbocycles. The van der Waals surface area contributed by atoms with Crippen LogP contribution in [0.1, 0.15) is 46.9 Å². The van der Waals surface area contributed by atoms with E-state index in [0.717, 1.165) is 53.1 Å². The first-order chi connectivity index (χ1) is 16.6. The van der Waals surface area contributed by atoms with E-state index in [9.17, 15) is 5.11 Å². The van der Waals surface area contributed by atoms with Gasteiger partial charge in [-0.15, -0.1) is 0 Å². The van der Waals surface area contributed by atoms with Crippen LogP contribution < -0.4 is 4.74 Å². The summed E-state index contributed by atoms with van der Waals surface area (Å²) in [5.41, 5.74) is 4.36. The lowest BCUT2D eigenvalue weighted by atomic mass is 10.0. The van der Waals surface area contributed by atoms with Gasteiger partial charge in [0.15, 0.2) is 0 Å². The van der Waals surface area contributed by atoms with Gasteiger partial charge in [-0.05, 0) is 73.2 Å². The molecule has 0 atom stereocenters. The summed E-state index contributed by atoms with van der Waals surface area (Å²) in [6, 6.07) is 14.3. The summed E-state index contributed by atoms with van der Waals surface area (Å²) in [6.07, 6.45) is 12.2. The maximum absolute atomic E-state index is 9.29. The lowest BCUT2D eigenvalue weighted by Gasteiger charge is -2.10. The molecule has 7 heteroatoms. The molecule has 0 aliphatic rings. The monoisotopic (exact) mass is 521 g/mol. The number of aliphatic hydroxyl groups excluding tert-OH is 1. The first kappa shape index (κ1) is 24.0. The number of unbranched alkanes of at least 4 members (excludes halogenated alkanes) is 1. The van der Waals surface area contributed by atoms with Crippen LogP contribution in [0.25, 0.3) is 12.2 Å². The van der Waals surface area contributed by atoms with Crippen molar-refractivity contribution in [2.75, 3.05) is 0 Å². The van der Waals surface area contributed by atoms with Gasteiger partial charge in [-0.25, -0.2) is 9.97 Å². The Morgan fingerprint density at radius 2 is 1.97 bits per heavy atom. The molecule has 34 heavy (non-hydrogen) atoms. The predicted octanol–water partition coefficient (Wildman–Crippen LogP) is 6.21. The molecular weight excluding hydrogens is 494 g/mol. The van der Waals surface area contributed by atoms with Gasteiger partial charge in [0.25, 0.3) is 0 Å². The number of ether oxygens (including phenoxy) is 1.